The van der Waals surface area contributed by atoms with Gasteiger partial charge in [0, 0.05) is 0 Å². The Morgan fingerprint density at radius 2 is 2.16 bits per heavy atom. The maximum atomic E-state index is 6.13. The van der Waals surface area contributed by atoms with Crippen molar-refractivity contribution in [1.29, 1.82) is 0 Å². The van der Waals surface area contributed by atoms with Crippen LogP contribution >= 0.6 is 11.6 Å². The van der Waals surface area contributed by atoms with Crippen LogP contribution < -0.4 is 10.6 Å². The van der Waals surface area contributed by atoms with Gasteiger partial charge in [-0.1, -0.05) is 29.7 Å². The van der Waals surface area contributed by atoms with Crippen molar-refractivity contribution in [2.45, 2.75) is 26.8 Å². The number of nitrogens with zero attached hydrogens (tertiary/aromatic N) is 2. The summed E-state index contributed by atoms with van der Waals surface area (Å²) in [5.74, 6) is 0.549. The topological polar surface area (TPSA) is 63.0 Å². The van der Waals surface area contributed by atoms with Crippen LogP contribution in [0.5, 0.6) is 0 Å². The van der Waals surface area contributed by atoms with Gasteiger partial charge >= 0.3 is 6.01 Å². The summed E-state index contributed by atoms with van der Waals surface area (Å²) < 4.78 is 5.53. The molecular formula is C13H17ClN4O. The van der Waals surface area contributed by atoms with Crippen LogP contribution in [-0.2, 0) is 0 Å². The van der Waals surface area contributed by atoms with Gasteiger partial charge in [-0.15, -0.1) is 5.10 Å². The summed E-state index contributed by atoms with van der Waals surface area (Å²) >= 11 is 6.13. The first-order valence-electron chi connectivity index (χ1n) is 6.20. The van der Waals surface area contributed by atoms with E-state index in [0.29, 0.717) is 16.9 Å². The first-order chi connectivity index (χ1) is 9.10. The molecule has 6 heteroatoms. The van der Waals surface area contributed by atoms with E-state index < -0.39 is 0 Å². The second kappa shape index (κ2) is 6.04. The van der Waals surface area contributed by atoms with Gasteiger partial charge in [0.1, 0.15) is 0 Å². The smallest absolute Gasteiger partial charge is 0.320 e. The van der Waals surface area contributed by atoms with Gasteiger partial charge in [0.05, 0.1) is 16.8 Å². The lowest BCUT2D eigenvalue weighted by molar-refractivity contribution is 0.430. The van der Waals surface area contributed by atoms with Gasteiger partial charge in [-0.2, -0.15) is 0 Å². The fourth-order valence-corrected chi connectivity index (χ4v) is 1.97. The molecule has 0 fully saturated rings. The van der Waals surface area contributed by atoms with Crippen molar-refractivity contribution in [2.24, 2.45) is 0 Å². The van der Waals surface area contributed by atoms with Crippen LogP contribution in [0.4, 0.5) is 11.7 Å². The molecule has 0 aliphatic carbocycles. The minimum absolute atomic E-state index is 0.0292. The molecule has 102 valence electrons. The SMILES string of the molecule is CCNC(C)c1nnc(Nc2ccc(C)cc2Cl)o1. The molecule has 2 aromatic rings. The summed E-state index contributed by atoms with van der Waals surface area (Å²) in [5.41, 5.74) is 1.85. The number of nitrogens with one attached hydrogen (secondary N) is 2. The van der Waals surface area contributed by atoms with E-state index in [1.807, 2.05) is 39.0 Å². The minimum atomic E-state index is 0.0292. The molecule has 1 heterocycles. The lowest BCUT2D eigenvalue weighted by atomic mass is 10.2. The number of aromatic nitrogens is 2. The van der Waals surface area contributed by atoms with E-state index in [1.165, 1.54) is 0 Å². The van der Waals surface area contributed by atoms with Crippen LogP contribution in [0.3, 0.4) is 0 Å². The summed E-state index contributed by atoms with van der Waals surface area (Å²) in [7, 11) is 0. The van der Waals surface area contributed by atoms with E-state index in [4.69, 9.17) is 16.0 Å². The van der Waals surface area contributed by atoms with Gasteiger partial charge in [0.2, 0.25) is 5.89 Å². The van der Waals surface area contributed by atoms with Gasteiger partial charge in [-0.25, -0.2) is 0 Å². The predicted molar refractivity (Wildman–Crippen MR) is 75.9 cm³/mol. The maximum absolute atomic E-state index is 6.13. The Hall–Kier alpha value is -1.59. The molecular weight excluding hydrogens is 264 g/mol. The highest BCUT2D eigenvalue weighted by molar-refractivity contribution is 6.33. The Balaban J connectivity index is 2.11. The van der Waals surface area contributed by atoms with Gasteiger partial charge in [0.15, 0.2) is 0 Å². The Labute approximate surface area is 117 Å². The van der Waals surface area contributed by atoms with Crippen molar-refractivity contribution < 1.29 is 4.42 Å². The third-order valence-electron chi connectivity index (χ3n) is 2.69. The van der Waals surface area contributed by atoms with Crippen LogP contribution in [0.1, 0.15) is 31.3 Å². The van der Waals surface area contributed by atoms with Gasteiger partial charge in [-0.05, 0) is 38.1 Å². The molecule has 19 heavy (non-hydrogen) atoms. The number of anilines is 2. The lowest BCUT2D eigenvalue weighted by Gasteiger charge is -2.06. The highest BCUT2D eigenvalue weighted by atomic mass is 35.5. The van der Waals surface area contributed by atoms with Crippen LogP contribution in [-0.4, -0.2) is 16.7 Å². The molecule has 1 unspecified atom stereocenters. The molecule has 5 nitrogen and oxygen atoms in total. The lowest BCUT2D eigenvalue weighted by Crippen LogP contribution is -2.17. The molecule has 0 aliphatic heterocycles. The van der Waals surface area contributed by atoms with E-state index in [1.54, 1.807) is 0 Å². The summed E-state index contributed by atoms with van der Waals surface area (Å²) in [4.78, 5) is 0. The average molecular weight is 281 g/mol. The standard InChI is InChI=1S/C13H17ClN4O/c1-4-15-9(3)12-17-18-13(19-12)16-11-6-5-8(2)7-10(11)14/h5-7,9,15H,4H2,1-3H3,(H,16,18). The molecule has 0 spiro atoms. The van der Waals surface area contributed by atoms with E-state index in [9.17, 15) is 0 Å². The average Bonchev–Trinajstić information content (AvgIpc) is 2.82. The number of rotatable bonds is 5. The van der Waals surface area contributed by atoms with Crippen LogP contribution in [0.2, 0.25) is 5.02 Å². The molecule has 1 atom stereocenters. The van der Waals surface area contributed by atoms with Crippen molar-refractivity contribution in [3.8, 4) is 0 Å². The molecule has 0 saturated carbocycles. The monoisotopic (exact) mass is 280 g/mol. The first-order valence-corrected chi connectivity index (χ1v) is 6.58. The quantitative estimate of drug-likeness (QED) is 0.878. The zero-order valence-electron chi connectivity index (χ0n) is 11.2. The Bertz CT molecular complexity index is 555. The molecule has 2 rings (SSSR count). The Kier molecular flexibility index (Phi) is 4.39. The normalized spacial score (nSPS) is 12.4. The summed E-state index contributed by atoms with van der Waals surface area (Å²) in [6, 6.07) is 6.09. The third kappa shape index (κ3) is 3.45. The number of hydrogen-bond donors (Lipinski definition) is 2. The molecule has 1 aromatic carbocycles. The van der Waals surface area contributed by atoms with Gasteiger partial charge in [0.25, 0.3) is 0 Å². The Morgan fingerprint density at radius 1 is 1.37 bits per heavy atom. The number of hydrogen-bond acceptors (Lipinski definition) is 5. The van der Waals surface area contributed by atoms with Crippen molar-refractivity contribution in [3.05, 3.63) is 34.7 Å². The second-order valence-corrected chi connectivity index (χ2v) is 4.74. The van der Waals surface area contributed by atoms with E-state index in [-0.39, 0.29) is 6.04 Å². The largest absolute Gasteiger partial charge is 0.406 e. The van der Waals surface area contributed by atoms with Crippen molar-refractivity contribution in [1.82, 2.24) is 15.5 Å². The molecule has 0 saturated heterocycles. The first kappa shape index (κ1) is 13.8. The summed E-state index contributed by atoms with van der Waals surface area (Å²) in [6.07, 6.45) is 0. The maximum Gasteiger partial charge on any atom is 0.320 e. The number of benzene rings is 1. The van der Waals surface area contributed by atoms with Crippen LogP contribution in [0.15, 0.2) is 22.6 Å². The van der Waals surface area contributed by atoms with Crippen molar-refractivity contribution in [3.63, 3.8) is 0 Å². The highest BCUT2D eigenvalue weighted by Gasteiger charge is 2.13. The predicted octanol–water partition coefficient (Wildman–Crippen LogP) is 3.45. The highest BCUT2D eigenvalue weighted by Crippen LogP contribution is 2.26. The van der Waals surface area contributed by atoms with E-state index >= 15 is 0 Å². The molecule has 2 N–H and O–H groups in total. The van der Waals surface area contributed by atoms with E-state index in [0.717, 1.165) is 17.8 Å². The third-order valence-corrected chi connectivity index (χ3v) is 3.00. The zero-order chi connectivity index (χ0) is 13.8. The zero-order valence-corrected chi connectivity index (χ0v) is 12.0. The van der Waals surface area contributed by atoms with Gasteiger partial charge < -0.3 is 15.1 Å². The fraction of sp³-hybridized carbons (Fsp3) is 0.385. The molecule has 0 radical (unpaired) electrons. The molecule has 0 bridgehead atoms. The van der Waals surface area contributed by atoms with Crippen molar-refractivity contribution >= 4 is 23.3 Å². The fourth-order valence-electron chi connectivity index (χ4n) is 1.69. The van der Waals surface area contributed by atoms with E-state index in [2.05, 4.69) is 20.8 Å². The number of aryl methyl sites for hydroxylation is 1. The van der Waals surface area contributed by atoms with Crippen LogP contribution in [0.25, 0.3) is 0 Å². The molecule has 0 amide bonds. The summed E-state index contributed by atoms with van der Waals surface area (Å²) in [5, 5.41) is 14.8. The van der Waals surface area contributed by atoms with Crippen molar-refractivity contribution in [2.75, 3.05) is 11.9 Å². The van der Waals surface area contributed by atoms with Crippen LogP contribution in [0, 0.1) is 6.92 Å². The molecule has 1 aromatic heterocycles. The van der Waals surface area contributed by atoms with Gasteiger partial charge in [-0.3, -0.25) is 0 Å². The minimum Gasteiger partial charge on any atom is -0.406 e. The molecule has 0 aliphatic rings. The Morgan fingerprint density at radius 3 is 2.84 bits per heavy atom. The number of halogens is 1. The second-order valence-electron chi connectivity index (χ2n) is 4.33. The summed E-state index contributed by atoms with van der Waals surface area (Å²) in [6.45, 7) is 6.83.